The van der Waals surface area contributed by atoms with E-state index < -0.39 is 127 Å². The van der Waals surface area contributed by atoms with Gasteiger partial charge in [0, 0.05) is 48.9 Å². The Kier molecular flexibility index (Phi) is 14.5. The highest BCUT2D eigenvalue weighted by atomic mass is 16.7. The molecule has 0 radical (unpaired) electrons. The second-order valence-corrected chi connectivity index (χ2v) is 17.7. The van der Waals surface area contributed by atoms with Crippen LogP contribution in [0, 0.1) is 35.5 Å². The van der Waals surface area contributed by atoms with Crippen LogP contribution in [0.5, 0.6) is 0 Å². The van der Waals surface area contributed by atoms with Crippen LogP contribution in [-0.2, 0) is 42.7 Å². The summed E-state index contributed by atoms with van der Waals surface area (Å²) in [6.45, 7) is 19.6. The van der Waals surface area contributed by atoms with Gasteiger partial charge in [-0.3, -0.25) is 4.79 Å². The Morgan fingerprint density at radius 1 is 0.782 bits per heavy atom. The van der Waals surface area contributed by atoms with Gasteiger partial charge in [-0.1, -0.05) is 41.5 Å². The van der Waals surface area contributed by atoms with Gasteiger partial charge in [-0.25, -0.2) is 0 Å². The van der Waals surface area contributed by atoms with E-state index in [4.69, 9.17) is 37.9 Å². The molecule has 0 aliphatic carbocycles. The van der Waals surface area contributed by atoms with Crippen molar-refractivity contribution in [2.45, 2.75) is 212 Å². The molecule has 5 fully saturated rings. The lowest BCUT2D eigenvalue weighted by Crippen LogP contribution is -2.70. The third kappa shape index (κ3) is 9.09. The van der Waals surface area contributed by atoms with Gasteiger partial charge in [-0.2, -0.15) is 0 Å². The maximum Gasteiger partial charge on any atom is 0.313 e. The molecule has 0 amide bonds. The van der Waals surface area contributed by atoms with Crippen molar-refractivity contribution in [1.29, 1.82) is 0 Å². The van der Waals surface area contributed by atoms with Crippen molar-refractivity contribution in [2.75, 3.05) is 0 Å². The molecule has 0 unspecified atom stereocenters. The predicted molar refractivity (Wildman–Crippen MR) is 196 cm³/mol. The van der Waals surface area contributed by atoms with E-state index in [9.17, 15) is 35.4 Å². The summed E-state index contributed by atoms with van der Waals surface area (Å²) >= 11 is 0. The Bertz CT molecular complexity index is 1250. The molecule has 15 heteroatoms. The molecular weight excluding hydrogens is 720 g/mol. The number of carbonyl (C=O) groups is 1. The van der Waals surface area contributed by atoms with Gasteiger partial charge in [-0.05, 0) is 47.5 Å². The molecule has 5 rings (SSSR count). The lowest BCUT2D eigenvalue weighted by Gasteiger charge is -2.60. The second kappa shape index (κ2) is 17.7. The average molecular weight is 791 g/mol. The molecule has 5 aliphatic rings. The van der Waals surface area contributed by atoms with Gasteiger partial charge < -0.3 is 68.5 Å². The van der Waals surface area contributed by atoms with Gasteiger partial charge in [0.25, 0.3) is 0 Å². The van der Waals surface area contributed by atoms with Crippen LogP contribution in [0.3, 0.4) is 0 Å². The van der Waals surface area contributed by atoms with Gasteiger partial charge in [-0.15, -0.1) is 0 Å². The molecule has 0 aromatic carbocycles. The molecule has 15 nitrogen and oxygen atoms in total. The molecule has 0 aromatic heterocycles. The van der Waals surface area contributed by atoms with Gasteiger partial charge in [0.2, 0.25) is 6.29 Å². The highest BCUT2D eigenvalue weighted by Gasteiger charge is 2.62. The summed E-state index contributed by atoms with van der Waals surface area (Å²) in [6, 6.07) is 0. The van der Waals surface area contributed by atoms with Crippen LogP contribution < -0.4 is 0 Å². The van der Waals surface area contributed by atoms with Gasteiger partial charge in [0.05, 0.1) is 72.6 Å². The van der Waals surface area contributed by atoms with Crippen LogP contribution in [0.25, 0.3) is 0 Å². The molecular formula is C40H70O15. The van der Waals surface area contributed by atoms with Crippen LogP contribution in [0.2, 0.25) is 0 Å². The molecule has 1 spiro atoms. The number of hydrogen-bond donors (Lipinski definition) is 6. The first kappa shape index (κ1) is 45.0. The Labute approximate surface area is 326 Å². The first-order chi connectivity index (χ1) is 25.6. The van der Waals surface area contributed by atoms with Gasteiger partial charge >= 0.3 is 5.97 Å². The third-order valence-electron chi connectivity index (χ3n) is 13.6. The minimum atomic E-state index is -1.43. The normalized spacial score (nSPS) is 51.3. The third-order valence-corrected chi connectivity index (χ3v) is 13.6. The van der Waals surface area contributed by atoms with E-state index >= 15 is 0 Å². The van der Waals surface area contributed by atoms with Gasteiger partial charge in [0.1, 0.15) is 12.2 Å². The minimum Gasteiger partial charge on any atom is -0.435 e. The maximum atomic E-state index is 13.7. The van der Waals surface area contributed by atoms with Crippen molar-refractivity contribution >= 4 is 5.97 Å². The standard InChI is InChI=1S/C40H70O15/c1-12-26(41)17(2)34-18(3)32(43)21(6)40(54-34)22(7)33(44)19(4)35(55-40)20(5)38(46)53-30-15-27(42)36(24(9)49-30)52-29-14-13-28(23(8)48-29)51-31-16-39(11,47)37(45)25(10)50-31/h17-37,41-45,47H,12-16H2,1-11H3/t17-,18+,19+,20-,21-,22+,23-,24-,25-,26-,27+,28+,29+,30+,31+,32-,33-,34+,35-,36-,37-,39-,40-/m0/s1. The van der Waals surface area contributed by atoms with Crippen LogP contribution in [0.15, 0.2) is 0 Å². The Balaban J connectivity index is 1.17. The Morgan fingerprint density at radius 2 is 1.35 bits per heavy atom. The van der Waals surface area contributed by atoms with E-state index in [0.717, 1.165) is 0 Å². The average Bonchev–Trinajstić information content (AvgIpc) is 3.12. The number of hydrogen-bond acceptors (Lipinski definition) is 15. The van der Waals surface area contributed by atoms with Crippen molar-refractivity contribution in [3.63, 3.8) is 0 Å². The molecule has 23 atom stereocenters. The molecule has 5 aliphatic heterocycles. The monoisotopic (exact) mass is 790 g/mol. The molecule has 55 heavy (non-hydrogen) atoms. The summed E-state index contributed by atoms with van der Waals surface area (Å²) in [4.78, 5) is 13.7. The van der Waals surface area contributed by atoms with E-state index in [1.54, 1.807) is 27.7 Å². The number of carbonyl (C=O) groups excluding carboxylic acids is 1. The van der Waals surface area contributed by atoms with Crippen LogP contribution in [0.4, 0.5) is 0 Å². The number of ether oxygens (including phenoxy) is 8. The van der Waals surface area contributed by atoms with Crippen molar-refractivity contribution in [3.05, 3.63) is 0 Å². The summed E-state index contributed by atoms with van der Waals surface area (Å²) in [7, 11) is 0. The Morgan fingerprint density at radius 3 is 1.91 bits per heavy atom. The van der Waals surface area contributed by atoms with E-state index in [2.05, 4.69) is 0 Å². The van der Waals surface area contributed by atoms with Crippen molar-refractivity contribution in [1.82, 2.24) is 0 Å². The molecule has 5 saturated heterocycles. The minimum absolute atomic E-state index is 0.0430. The van der Waals surface area contributed by atoms with E-state index in [1.165, 1.54) is 0 Å². The van der Waals surface area contributed by atoms with Gasteiger partial charge in [0.15, 0.2) is 18.4 Å². The molecule has 0 bridgehead atoms. The zero-order valence-electron chi connectivity index (χ0n) is 34.5. The van der Waals surface area contributed by atoms with Crippen molar-refractivity contribution in [2.24, 2.45) is 35.5 Å². The quantitative estimate of drug-likeness (QED) is 0.176. The van der Waals surface area contributed by atoms with Crippen molar-refractivity contribution < 1.29 is 73.3 Å². The Hall–Kier alpha value is -1.05. The first-order valence-electron chi connectivity index (χ1n) is 20.6. The fourth-order valence-electron chi connectivity index (χ4n) is 9.67. The maximum absolute atomic E-state index is 13.7. The summed E-state index contributed by atoms with van der Waals surface area (Å²) in [5.74, 6) is -5.19. The van der Waals surface area contributed by atoms with E-state index in [0.29, 0.717) is 19.3 Å². The second-order valence-electron chi connectivity index (χ2n) is 17.7. The largest absolute Gasteiger partial charge is 0.435 e. The summed E-state index contributed by atoms with van der Waals surface area (Å²) in [5.41, 5.74) is -1.34. The number of aliphatic hydroxyl groups excluding tert-OH is 5. The first-order valence-corrected chi connectivity index (χ1v) is 20.6. The topological polar surface area (TPSA) is 212 Å². The van der Waals surface area contributed by atoms with E-state index in [-0.39, 0.29) is 30.8 Å². The lowest BCUT2D eigenvalue weighted by atomic mass is 9.68. The molecule has 6 N–H and O–H groups in total. The van der Waals surface area contributed by atoms with Crippen LogP contribution in [-0.4, -0.2) is 140 Å². The van der Waals surface area contributed by atoms with E-state index in [1.807, 2.05) is 48.5 Å². The molecule has 0 aromatic rings. The number of aliphatic hydroxyl groups is 6. The highest BCUT2D eigenvalue weighted by Crippen LogP contribution is 2.52. The van der Waals surface area contributed by atoms with Crippen LogP contribution >= 0.6 is 0 Å². The lowest BCUT2D eigenvalue weighted by molar-refractivity contribution is -0.410. The SMILES string of the molecule is CC[C@H](O)[C@H](C)[C@H]1O[C@]2(O[C@H]([C@H](C)C(=O)O[C@@H]3C[C@@H](O)[C@@H](O[C@@H]4CC[C@@H](O[C@@H]5C[C@](C)(O)[C@@H](O)[C@H](C)O5)[C@H](C)O4)[C@H](C)O3)[C@H](C)[C@H](O)[C@H]2C)[C@@H](C)[C@@H](O)[C@H]1C. The predicted octanol–water partition coefficient (Wildman–Crippen LogP) is 2.37. The fraction of sp³-hybridized carbons (Fsp3) is 0.975. The molecule has 0 saturated carbocycles. The number of esters is 1. The highest BCUT2D eigenvalue weighted by molar-refractivity contribution is 5.73. The summed E-state index contributed by atoms with van der Waals surface area (Å²) in [5, 5.41) is 65.7. The zero-order valence-corrected chi connectivity index (χ0v) is 34.5. The smallest absolute Gasteiger partial charge is 0.313 e. The number of rotatable bonds is 10. The van der Waals surface area contributed by atoms with Crippen LogP contribution in [0.1, 0.15) is 108 Å². The summed E-state index contributed by atoms with van der Waals surface area (Å²) in [6.07, 6.45) is -9.48. The van der Waals surface area contributed by atoms with Crippen molar-refractivity contribution in [3.8, 4) is 0 Å². The fourth-order valence-corrected chi connectivity index (χ4v) is 9.67. The molecule has 320 valence electrons. The summed E-state index contributed by atoms with van der Waals surface area (Å²) < 4.78 is 49.6. The zero-order chi connectivity index (χ0) is 40.9. The molecule has 5 heterocycles.